The molecule has 0 aliphatic heterocycles. The highest BCUT2D eigenvalue weighted by Gasteiger charge is 2.15. The van der Waals surface area contributed by atoms with Crippen LogP contribution in [-0.4, -0.2) is 37.8 Å². The maximum absolute atomic E-state index is 12.0. The Bertz CT molecular complexity index is 981. The van der Waals surface area contributed by atoms with Gasteiger partial charge in [0.2, 0.25) is 0 Å². The SMILES string of the molecule is COc1cc(C(=O)NN)cc(CC#CCOC(=O)c2ccc(O)c(Cl)c2)c1OC. The number of phenols is 1. The van der Waals surface area contributed by atoms with Gasteiger partial charge in [-0.1, -0.05) is 23.4 Å². The summed E-state index contributed by atoms with van der Waals surface area (Å²) < 4.78 is 15.6. The van der Waals surface area contributed by atoms with Gasteiger partial charge >= 0.3 is 5.97 Å². The van der Waals surface area contributed by atoms with Crippen LogP contribution in [0.3, 0.4) is 0 Å². The Hall–Kier alpha value is -3.41. The summed E-state index contributed by atoms with van der Waals surface area (Å²) in [5.74, 6) is 10.3. The van der Waals surface area contributed by atoms with Crippen LogP contribution in [0.25, 0.3) is 0 Å². The number of amides is 1. The summed E-state index contributed by atoms with van der Waals surface area (Å²) in [4.78, 5) is 23.8. The van der Waals surface area contributed by atoms with E-state index < -0.39 is 11.9 Å². The summed E-state index contributed by atoms with van der Waals surface area (Å²) in [5.41, 5.74) is 3.15. The molecule has 0 aliphatic rings. The van der Waals surface area contributed by atoms with E-state index >= 15 is 0 Å². The minimum atomic E-state index is -0.623. The van der Waals surface area contributed by atoms with Gasteiger partial charge in [0, 0.05) is 17.5 Å². The molecule has 8 nitrogen and oxygen atoms in total. The van der Waals surface area contributed by atoms with Crippen molar-refractivity contribution in [1.29, 1.82) is 0 Å². The predicted octanol–water partition coefficient (Wildman–Crippen LogP) is 2.07. The highest BCUT2D eigenvalue weighted by atomic mass is 35.5. The number of halogens is 1. The summed E-state index contributed by atoms with van der Waals surface area (Å²) in [7, 11) is 2.93. The van der Waals surface area contributed by atoms with Crippen LogP contribution >= 0.6 is 11.6 Å². The number of carbonyl (C=O) groups excluding carboxylic acids is 2. The van der Waals surface area contributed by atoms with Crippen molar-refractivity contribution in [2.75, 3.05) is 20.8 Å². The van der Waals surface area contributed by atoms with Crippen molar-refractivity contribution in [1.82, 2.24) is 5.43 Å². The van der Waals surface area contributed by atoms with Gasteiger partial charge in [0.05, 0.1) is 24.8 Å². The Labute approximate surface area is 172 Å². The van der Waals surface area contributed by atoms with Crippen LogP contribution in [0, 0.1) is 11.8 Å². The minimum Gasteiger partial charge on any atom is -0.506 e. The number of rotatable bonds is 6. The molecule has 0 saturated heterocycles. The highest BCUT2D eigenvalue weighted by Crippen LogP contribution is 2.33. The quantitative estimate of drug-likeness (QED) is 0.216. The summed E-state index contributed by atoms with van der Waals surface area (Å²) in [6, 6.07) is 7.08. The molecule has 152 valence electrons. The molecule has 2 aromatic rings. The van der Waals surface area contributed by atoms with E-state index in [9.17, 15) is 14.7 Å². The molecule has 9 heteroatoms. The molecule has 0 heterocycles. The van der Waals surface area contributed by atoms with Crippen molar-refractivity contribution >= 4 is 23.5 Å². The molecule has 0 fully saturated rings. The monoisotopic (exact) mass is 418 g/mol. The third kappa shape index (κ3) is 5.54. The van der Waals surface area contributed by atoms with Gasteiger partial charge in [-0.05, 0) is 30.3 Å². The number of aromatic hydroxyl groups is 1. The van der Waals surface area contributed by atoms with E-state index in [0.717, 1.165) is 0 Å². The van der Waals surface area contributed by atoms with Crippen molar-refractivity contribution in [2.45, 2.75) is 6.42 Å². The zero-order valence-corrected chi connectivity index (χ0v) is 16.5. The first kappa shape index (κ1) is 21.9. The van der Waals surface area contributed by atoms with Crippen molar-refractivity contribution in [3.05, 3.63) is 52.0 Å². The number of hydrogen-bond acceptors (Lipinski definition) is 7. The maximum Gasteiger partial charge on any atom is 0.339 e. The number of ether oxygens (including phenoxy) is 3. The van der Waals surface area contributed by atoms with Gasteiger partial charge in [0.1, 0.15) is 5.75 Å². The first-order valence-electron chi connectivity index (χ1n) is 8.28. The largest absolute Gasteiger partial charge is 0.506 e. The second kappa shape index (κ2) is 10.2. The van der Waals surface area contributed by atoms with Crippen molar-refractivity contribution in [3.63, 3.8) is 0 Å². The van der Waals surface area contributed by atoms with Crippen LogP contribution in [0.15, 0.2) is 30.3 Å². The number of nitrogens with two attached hydrogens (primary N) is 1. The standard InChI is InChI=1S/C20H19ClN2O6/c1-27-17-11-14(19(25)23-22)9-12(18(17)28-2)5-3-4-8-29-20(26)13-6-7-16(24)15(21)10-13/h6-7,9-11,24H,5,8,22H2,1-2H3,(H,23,25). The molecule has 0 bridgehead atoms. The van der Waals surface area contributed by atoms with Gasteiger partial charge in [-0.25, -0.2) is 10.6 Å². The number of esters is 1. The predicted molar refractivity (Wildman–Crippen MR) is 106 cm³/mol. The molecule has 1 amide bonds. The van der Waals surface area contributed by atoms with Gasteiger partial charge in [0.25, 0.3) is 5.91 Å². The Kier molecular flexibility index (Phi) is 7.71. The van der Waals surface area contributed by atoms with Gasteiger partial charge < -0.3 is 19.3 Å². The van der Waals surface area contributed by atoms with Gasteiger partial charge in [-0.3, -0.25) is 10.2 Å². The second-order valence-corrected chi connectivity index (χ2v) is 6.02. The van der Waals surface area contributed by atoms with Crippen LogP contribution in [0.4, 0.5) is 0 Å². The fourth-order valence-electron chi connectivity index (χ4n) is 2.42. The van der Waals surface area contributed by atoms with Gasteiger partial charge in [0.15, 0.2) is 18.1 Å². The fraction of sp³-hybridized carbons (Fsp3) is 0.200. The average molecular weight is 419 g/mol. The highest BCUT2D eigenvalue weighted by molar-refractivity contribution is 6.32. The number of methoxy groups -OCH3 is 2. The van der Waals surface area contributed by atoms with Crippen molar-refractivity contribution in [3.8, 4) is 29.1 Å². The molecule has 0 radical (unpaired) electrons. The number of carbonyl (C=O) groups is 2. The Morgan fingerprint density at radius 2 is 1.90 bits per heavy atom. The molecule has 4 N–H and O–H groups in total. The lowest BCUT2D eigenvalue weighted by Gasteiger charge is -2.13. The van der Waals surface area contributed by atoms with Crippen LogP contribution in [-0.2, 0) is 11.2 Å². The lowest BCUT2D eigenvalue weighted by atomic mass is 10.1. The summed E-state index contributed by atoms with van der Waals surface area (Å²) in [5, 5.41) is 9.42. The van der Waals surface area contributed by atoms with E-state index in [4.69, 9.17) is 31.7 Å². The van der Waals surface area contributed by atoms with E-state index in [2.05, 4.69) is 17.3 Å². The van der Waals surface area contributed by atoms with Gasteiger partial charge in [-0.2, -0.15) is 0 Å². The molecular weight excluding hydrogens is 400 g/mol. The van der Waals surface area contributed by atoms with E-state index in [1.807, 2.05) is 0 Å². The molecule has 2 rings (SSSR count). The molecule has 2 aromatic carbocycles. The topological polar surface area (TPSA) is 120 Å². The van der Waals surface area contributed by atoms with E-state index in [1.54, 1.807) is 6.07 Å². The van der Waals surface area contributed by atoms with E-state index in [1.165, 1.54) is 38.5 Å². The zero-order valence-electron chi connectivity index (χ0n) is 15.7. The van der Waals surface area contributed by atoms with Crippen LogP contribution < -0.4 is 20.7 Å². The zero-order chi connectivity index (χ0) is 21.4. The summed E-state index contributed by atoms with van der Waals surface area (Å²) in [6.07, 6.45) is 0.216. The first-order valence-corrected chi connectivity index (χ1v) is 8.66. The molecule has 0 spiro atoms. The summed E-state index contributed by atoms with van der Waals surface area (Å²) >= 11 is 5.76. The van der Waals surface area contributed by atoms with E-state index in [0.29, 0.717) is 17.1 Å². The average Bonchev–Trinajstić information content (AvgIpc) is 2.73. The Balaban J connectivity index is 2.07. The first-order chi connectivity index (χ1) is 13.9. The normalized spacial score (nSPS) is 9.79. The third-order valence-corrected chi connectivity index (χ3v) is 4.11. The van der Waals surface area contributed by atoms with Crippen LogP contribution in [0.1, 0.15) is 26.3 Å². The molecule has 0 aromatic heterocycles. The van der Waals surface area contributed by atoms with Crippen molar-refractivity contribution < 1.29 is 28.9 Å². The minimum absolute atomic E-state index is 0.0491. The number of nitrogens with one attached hydrogen (secondary N) is 1. The van der Waals surface area contributed by atoms with Crippen molar-refractivity contribution in [2.24, 2.45) is 5.84 Å². The lowest BCUT2D eigenvalue weighted by molar-refractivity contribution is 0.0556. The molecule has 0 atom stereocenters. The van der Waals surface area contributed by atoms with E-state index in [-0.39, 0.29) is 34.9 Å². The molecule has 0 aliphatic carbocycles. The van der Waals surface area contributed by atoms with Gasteiger partial charge in [-0.15, -0.1) is 0 Å². The fourth-order valence-corrected chi connectivity index (χ4v) is 2.60. The molecule has 29 heavy (non-hydrogen) atoms. The number of phenolic OH excluding ortho intramolecular Hbond substituents is 1. The smallest absolute Gasteiger partial charge is 0.339 e. The molecule has 0 saturated carbocycles. The summed E-state index contributed by atoms with van der Waals surface area (Å²) in [6.45, 7) is -0.153. The Morgan fingerprint density at radius 3 is 2.52 bits per heavy atom. The molecular formula is C20H19ClN2O6. The molecule has 0 unspecified atom stereocenters. The number of hydrogen-bond donors (Lipinski definition) is 3. The third-order valence-electron chi connectivity index (χ3n) is 3.81. The number of hydrazine groups is 1. The Morgan fingerprint density at radius 1 is 1.14 bits per heavy atom. The number of benzene rings is 2. The van der Waals surface area contributed by atoms with Crippen LogP contribution in [0.2, 0.25) is 5.02 Å². The second-order valence-electron chi connectivity index (χ2n) is 5.62. The van der Waals surface area contributed by atoms with Crippen LogP contribution in [0.5, 0.6) is 17.2 Å². The number of nitrogen functional groups attached to an aromatic ring is 1. The lowest BCUT2D eigenvalue weighted by Crippen LogP contribution is -2.30. The maximum atomic E-state index is 12.0.